The summed E-state index contributed by atoms with van der Waals surface area (Å²) in [5, 5.41) is 8.18. The van der Waals surface area contributed by atoms with Gasteiger partial charge in [-0.25, -0.2) is 0 Å². The Bertz CT molecular complexity index is 615. The molecule has 20 heavy (non-hydrogen) atoms. The van der Waals surface area contributed by atoms with Gasteiger partial charge in [0.25, 0.3) is 5.91 Å². The van der Waals surface area contributed by atoms with Gasteiger partial charge in [-0.05, 0) is 17.1 Å². The van der Waals surface area contributed by atoms with E-state index in [4.69, 9.17) is 0 Å². The van der Waals surface area contributed by atoms with Gasteiger partial charge in [0.15, 0.2) is 5.69 Å². The lowest BCUT2D eigenvalue weighted by Gasteiger charge is -2.34. The molecular weight excluding hydrogens is 276 g/mol. The number of amides is 2. The summed E-state index contributed by atoms with van der Waals surface area (Å²) in [6.07, 6.45) is 0. The van der Waals surface area contributed by atoms with Crippen molar-refractivity contribution in [2.75, 3.05) is 13.1 Å². The van der Waals surface area contributed by atoms with Gasteiger partial charge in [-0.1, -0.05) is 34.8 Å². The van der Waals surface area contributed by atoms with Crippen molar-refractivity contribution < 1.29 is 9.59 Å². The number of nitrogens with one attached hydrogen (secondary N) is 1. The molecule has 1 aromatic carbocycles. The minimum Gasteiger partial charge on any atom is -0.352 e. The zero-order valence-corrected chi connectivity index (χ0v) is 11.3. The molecule has 102 valence electrons. The van der Waals surface area contributed by atoms with Crippen molar-refractivity contribution in [3.05, 3.63) is 47.0 Å². The lowest BCUT2D eigenvalue weighted by Crippen LogP contribution is -2.52. The predicted octanol–water partition coefficient (Wildman–Crippen LogP) is 0.851. The molecule has 1 aliphatic rings. The first-order valence-corrected chi connectivity index (χ1v) is 7.01. The molecular formula is C13H12N4O2S. The van der Waals surface area contributed by atoms with Crippen LogP contribution in [0, 0.1) is 0 Å². The Labute approximate surface area is 119 Å². The van der Waals surface area contributed by atoms with E-state index < -0.39 is 6.04 Å². The molecule has 0 radical (unpaired) electrons. The van der Waals surface area contributed by atoms with Gasteiger partial charge in [-0.15, -0.1) is 5.10 Å². The van der Waals surface area contributed by atoms with Gasteiger partial charge in [-0.3, -0.25) is 9.59 Å². The Balaban J connectivity index is 1.95. The third kappa shape index (κ3) is 2.27. The second-order valence-corrected chi connectivity index (χ2v) is 5.00. The molecule has 3 rings (SSSR count). The Morgan fingerprint density at radius 3 is 2.85 bits per heavy atom. The zero-order valence-electron chi connectivity index (χ0n) is 10.5. The number of nitrogens with zero attached hydrogens (tertiary/aromatic N) is 3. The highest BCUT2D eigenvalue weighted by Gasteiger charge is 2.35. The molecule has 1 aromatic heterocycles. The largest absolute Gasteiger partial charge is 0.352 e. The summed E-state index contributed by atoms with van der Waals surface area (Å²) in [6.45, 7) is 0.910. The molecule has 1 atom stereocenters. The van der Waals surface area contributed by atoms with E-state index in [0.717, 1.165) is 17.1 Å². The van der Waals surface area contributed by atoms with E-state index in [0.29, 0.717) is 13.1 Å². The van der Waals surface area contributed by atoms with Crippen LogP contribution in [0.4, 0.5) is 0 Å². The van der Waals surface area contributed by atoms with Crippen LogP contribution < -0.4 is 5.32 Å². The van der Waals surface area contributed by atoms with Crippen LogP contribution in [-0.4, -0.2) is 39.4 Å². The summed E-state index contributed by atoms with van der Waals surface area (Å²) in [5.74, 6) is -0.429. The Morgan fingerprint density at radius 1 is 1.35 bits per heavy atom. The average Bonchev–Trinajstić information content (AvgIpc) is 3.01. The number of benzene rings is 1. The summed E-state index contributed by atoms with van der Waals surface area (Å²) in [6, 6.07) is 8.65. The maximum absolute atomic E-state index is 12.4. The van der Waals surface area contributed by atoms with Gasteiger partial charge < -0.3 is 10.2 Å². The molecule has 0 aliphatic carbocycles. The van der Waals surface area contributed by atoms with Crippen LogP contribution in [-0.2, 0) is 4.79 Å². The maximum atomic E-state index is 12.4. The van der Waals surface area contributed by atoms with Crippen LogP contribution in [0.15, 0.2) is 35.7 Å². The van der Waals surface area contributed by atoms with Crippen molar-refractivity contribution >= 4 is 23.3 Å². The van der Waals surface area contributed by atoms with Crippen molar-refractivity contribution in [3.63, 3.8) is 0 Å². The summed E-state index contributed by atoms with van der Waals surface area (Å²) in [4.78, 5) is 26.1. The molecule has 1 aliphatic heterocycles. The van der Waals surface area contributed by atoms with Crippen LogP contribution in [0.1, 0.15) is 22.1 Å². The molecule has 1 fully saturated rings. The minimum absolute atomic E-state index is 0.168. The lowest BCUT2D eigenvalue weighted by atomic mass is 10.0. The molecule has 7 heteroatoms. The quantitative estimate of drug-likeness (QED) is 0.889. The minimum atomic E-state index is -0.612. The fourth-order valence-electron chi connectivity index (χ4n) is 2.26. The molecule has 6 nitrogen and oxygen atoms in total. The van der Waals surface area contributed by atoms with Crippen LogP contribution in [0.2, 0.25) is 0 Å². The highest BCUT2D eigenvalue weighted by Crippen LogP contribution is 2.24. The molecule has 2 amide bonds. The number of aromatic nitrogens is 2. The topological polar surface area (TPSA) is 75.2 Å². The maximum Gasteiger partial charge on any atom is 0.276 e. The van der Waals surface area contributed by atoms with Gasteiger partial charge in [0.05, 0.1) is 0 Å². The second kappa shape index (κ2) is 5.38. The smallest absolute Gasteiger partial charge is 0.276 e. The van der Waals surface area contributed by atoms with Crippen LogP contribution in [0.25, 0.3) is 0 Å². The van der Waals surface area contributed by atoms with Gasteiger partial charge >= 0.3 is 0 Å². The molecule has 1 N–H and O–H groups in total. The number of carbonyl (C=O) groups excluding carboxylic acids is 2. The van der Waals surface area contributed by atoms with E-state index in [9.17, 15) is 9.59 Å². The lowest BCUT2D eigenvalue weighted by molar-refractivity contribution is -0.128. The third-order valence-electron chi connectivity index (χ3n) is 3.17. The highest BCUT2D eigenvalue weighted by atomic mass is 32.1. The Hall–Kier alpha value is -2.28. The molecule has 1 unspecified atom stereocenters. The molecule has 0 bridgehead atoms. The summed E-state index contributed by atoms with van der Waals surface area (Å²) < 4.78 is 3.70. The summed E-state index contributed by atoms with van der Waals surface area (Å²) >= 11 is 1.12. The van der Waals surface area contributed by atoms with Crippen molar-refractivity contribution in [2.45, 2.75) is 6.04 Å². The molecule has 2 aromatic rings. The predicted molar refractivity (Wildman–Crippen MR) is 73.1 cm³/mol. The average molecular weight is 288 g/mol. The molecule has 0 saturated carbocycles. The number of rotatable bonds is 2. The number of hydrogen-bond acceptors (Lipinski definition) is 5. The van der Waals surface area contributed by atoms with Gasteiger partial charge in [-0.2, -0.15) is 0 Å². The second-order valence-electron chi connectivity index (χ2n) is 4.39. The zero-order chi connectivity index (χ0) is 13.9. The summed E-state index contributed by atoms with van der Waals surface area (Å²) in [7, 11) is 0. The first-order chi connectivity index (χ1) is 9.77. The van der Waals surface area contributed by atoms with E-state index in [-0.39, 0.29) is 17.5 Å². The van der Waals surface area contributed by atoms with E-state index in [1.807, 2.05) is 30.3 Å². The molecule has 0 spiro atoms. The Morgan fingerprint density at radius 2 is 2.15 bits per heavy atom. The summed E-state index contributed by atoms with van der Waals surface area (Å²) in [5.41, 5.74) is 1.08. The Kier molecular flexibility index (Phi) is 3.42. The first kappa shape index (κ1) is 12.7. The fraction of sp³-hybridized carbons (Fsp3) is 0.231. The van der Waals surface area contributed by atoms with E-state index in [1.54, 1.807) is 10.3 Å². The van der Waals surface area contributed by atoms with E-state index in [1.165, 1.54) is 0 Å². The number of carbonyl (C=O) groups is 2. The van der Waals surface area contributed by atoms with Gasteiger partial charge in [0, 0.05) is 18.5 Å². The monoisotopic (exact) mass is 288 g/mol. The van der Waals surface area contributed by atoms with E-state index >= 15 is 0 Å². The van der Waals surface area contributed by atoms with E-state index in [2.05, 4.69) is 14.9 Å². The normalized spacial score (nSPS) is 18.7. The van der Waals surface area contributed by atoms with Gasteiger partial charge in [0.2, 0.25) is 5.91 Å². The number of piperazine rings is 1. The fourth-order valence-corrected chi connectivity index (χ4v) is 2.69. The molecule has 2 heterocycles. The number of hydrogen-bond donors (Lipinski definition) is 1. The van der Waals surface area contributed by atoms with Crippen LogP contribution in [0.5, 0.6) is 0 Å². The van der Waals surface area contributed by atoms with Crippen molar-refractivity contribution in [3.8, 4) is 0 Å². The standard InChI is InChI=1S/C13H12N4O2S/c18-12-11(9-4-2-1-3-5-9)17(7-6-14-12)13(19)10-8-20-16-15-10/h1-5,8,11H,6-7H2,(H,14,18). The third-order valence-corrected chi connectivity index (χ3v) is 3.67. The first-order valence-electron chi connectivity index (χ1n) is 6.18. The van der Waals surface area contributed by atoms with Gasteiger partial charge in [0.1, 0.15) is 6.04 Å². The highest BCUT2D eigenvalue weighted by molar-refractivity contribution is 7.03. The SMILES string of the molecule is O=C1NCCN(C(=O)c2csnn2)C1c1ccccc1. The van der Waals surface area contributed by atoms with Crippen molar-refractivity contribution in [1.29, 1.82) is 0 Å². The van der Waals surface area contributed by atoms with Crippen molar-refractivity contribution in [2.24, 2.45) is 0 Å². The van der Waals surface area contributed by atoms with Crippen LogP contribution in [0.3, 0.4) is 0 Å². The molecule has 1 saturated heterocycles. The van der Waals surface area contributed by atoms with Crippen LogP contribution >= 0.6 is 11.5 Å². The van der Waals surface area contributed by atoms with Crippen molar-refractivity contribution in [1.82, 2.24) is 19.8 Å².